The fourth-order valence-corrected chi connectivity index (χ4v) is 2.36. The summed E-state index contributed by atoms with van der Waals surface area (Å²) < 4.78 is 2.46. The van der Waals surface area contributed by atoms with E-state index >= 15 is 0 Å². The third-order valence-electron chi connectivity index (χ3n) is 2.42. The van der Waals surface area contributed by atoms with Gasteiger partial charge in [-0.1, -0.05) is 23.8 Å². The van der Waals surface area contributed by atoms with E-state index in [2.05, 4.69) is 27.1 Å². The van der Waals surface area contributed by atoms with E-state index in [4.69, 9.17) is 0 Å². The van der Waals surface area contributed by atoms with Crippen LogP contribution in [0.5, 0.6) is 0 Å². The van der Waals surface area contributed by atoms with Gasteiger partial charge < -0.3 is 0 Å². The molecule has 16 heavy (non-hydrogen) atoms. The largest absolute Gasteiger partial charge is 0.296 e. The molecule has 0 saturated carbocycles. The summed E-state index contributed by atoms with van der Waals surface area (Å²) in [5.74, 6) is 0. The zero-order chi connectivity index (χ0) is 11.7. The van der Waals surface area contributed by atoms with Crippen LogP contribution < -0.4 is 0 Å². The smallest absolute Gasteiger partial charge is 0.171 e. The standard InChI is InChI=1S/C12H11BrN2O/c1-8-4-3-5-9(6-8)12-11(13)10(7-16)14-15(12)2/h3-7H,1-2H3. The summed E-state index contributed by atoms with van der Waals surface area (Å²) in [6.45, 7) is 2.04. The van der Waals surface area contributed by atoms with Gasteiger partial charge in [0.1, 0.15) is 5.69 Å². The molecule has 2 aromatic rings. The summed E-state index contributed by atoms with van der Waals surface area (Å²) in [5.41, 5.74) is 3.58. The molecule has 0 bridgehead atoms. The second-order valence-corrected chi connectivity index (χ2v) is 4.45. The molecule has 1 aromatic heterocycles. The molecule has 1 heterocycles. The Hall–Kier alpha value is -1.42. The molecule has 1 aromatic carbocycles. The van der Waals surface area contributed by atoms with Crippen LogP contribution in [0.2, 0.25) is 0 Å². The molecule has 0 unspecified atom stereocenters. The molecule has 3 nitrogen and oxygen atoms in total. The predicted octanol–water partition coefficient (Wildman–Crippen LogP) is 2.97. The van der Waals surface area contributed by atoms with Gasteiger partial charge in [0.25, 0.3) is 0 Å². The Morgan fingerprint density at radius 3 is 2.75 bits per heavy atom. The molecule has 0 amide bonds. The molecule has 0 spiro atoms. The molecular weight excluding hydrogens is 268 g/mol. The van der Waals surface area contributed by atoms with Crippen molar-refractivity contribution in [3.05, 3.63) is 40.0 Å². The van der Waals surface area contributed by atoms with Crippen LogP contribution in [-0.4, -0.2) is 16.1 Å². The van der Waals surface area contributed by atoms with Crippen molar-refractivity contribution in [2.45, 2.75) is 6.92 Å². The highest BCUT2D eigenvalue weighted by atomic mass is 79.9. The zero-order valence-corrected chi connectivity index (χ0v) is 10.7. The van der Waals surface area contributed by atoms with E-state index in [0.29, 0.717) is 5.69 Å². The van der Waals surface area contributed by atoms with E-state index in [9.17, 15) is 4.79 Å². The molecule has 0 N–H and O–H groups in total. The maximum absolute atomic E-state index is 10.8. The highest BCUT2D eigenvalue weighted by molar-refractivity contribution is 9.10. The molecule has 0 atom stereocenters. The number of carbonyl (C=O) groups excluding carboxylic acids is 1. The molecule has 0 saturated heterocycles. The Balaban J connectivity index is 2.64. The summed E-state index contributed by atoms with van der Waals surface area (Å²) in [7, 11) is 1.83. The van der Waals surface area contributed by atoms with Crippen LogP contribution in [0.1, 0.15) is 16.1 Å². The number of aldehydes is 1. The van der Waals surface area contributed by atoms with Crippen LogP contribution in [0.3, 0.4) is 0 Å². The van der Waals surface area contributed by atoms with E-state index in [1.165, 1.54) is 5.56 Å². The Morgan fingerprint density at radius 2 is 2.19 bits per heavy atom. The maximum atomic E-state index is 10.8. The third kappa shape index (κ3) is 1.80. The van der Waals surface area contributed by atoms with Crippen LogP contribution in [-0.2, 0) is 7.05 Å². The summed E-state index contributed by atoms with van der Waals surface area (Å²) in [6, 6.07) is 8.10. The SMILES string of the molecule is Cc1cccc(-c2c(Br)c(C=O)nn2C)c1. The van der Waals surface area contributed by atoms with Crippen molar-refractivity contribution in [1.82, 2.24) is 9.78 Å². The van der Waals surface area contributed by atoms with Gasteiger partial charge in [0.05, 0.1) is 10.2 Å². The normalized spacial score (nSPS) is 10.4. The van der Waals surface area contributed by atoms with Crippen molar-refractivity contribution in [2.75, 3.05) is 0 Å². The van der Waals surface area contributed by atoms with Crippen LogP contribution in [0, 0.1) is 6.92 Å². The number of rotatable bonds is 2. The quantitative estimate of drug-likeness (QED) is 0.792. The van der Waals surface area contributed by atoms with Crippen LogP contribution >= 0.6 is 15.9 Å². The van der Waals surface area contributed by atoms with Gasteiger partial charge in [0, 0.05) is 12.6 Å². The highest BCUT2D eigenvalue weighted by Crippen LogP contribution is 2.30. The minimum absolute atomic E-state index is 0.430. The fourth-order valence-electron chi connectivity index (χ4n) is 1.70. The molecule has 2 rings (SSSR count). The van der Waals surface area contributed by atoms with Crippen molar-refractivity contribution in [2.24, 2.45) is 7.05 Å². The third-order valence-corrected chi connectivity index (χ3v) is 3.20. The summed E-state index contributed by atoms with van der Waals surface area (Å²) in [4.78, 5) is 10.8. The molecule has 82 valence electrons. The van der Waals surface area contributed by atoms with E-state index in [1.807, 2.05) is 32.2 Å². The molecule has 0 aliphatic heterocycles. The predicted molar refractivity (Wildman–Crippen MR) is 66.5 cm³/mol. The number of aryl methyl sites for hydroxylation is 2. The minimum Gasteiger partial charge on any atom is -0.296 e. The lowest BCUT2D eigenvalue weighted by atomic mass is 10.1. The summed E-state index contributed by atoms with van der Waals surface area (Å²) in [6.07, 6.45) is 0.753. The first-order valence-corrected chi connectivity index (χ1v) is 5.67. The van der Waals surface area contributed by atoms with Crippen molar-refractivity contribution < 1.29 is 4.79 Å². The first kappa shape index (κ1) is 11.1. The summed E-state index contributed by atoms with van der Waals surface area (Å²) >= 11 is 3.41. The lowest BCUT2D eigenvalue weighted by Gasteiger charge is -2.03. The lowest BCUT2D eigenvalue weighted by Crippen LogP contribution is -1.94. The van der Waals surface area contributed by atoms with Crippen LogP contribution in [0.4, 0.5) is 0 Å². The van der Waals surface area contributed by atoms with Crippen molar-refractivity contribution in [3.63, 3.8) is 0 Å². The van der Waals surface area contributed by atoms with E-state index in [-0.39, 0.29) is 0 Å². The summed E-state index contributed by atoms with van der Waals surface area (Å²) in [5, 5.41) is 4.14. The number of benzene rings is 1. The van der Waals surface area contributed by atoms with Crippen molar-refractivity contribution in [3.8, 4) is 11.3 Å². The highest BCUT2D eigenvalue weighted by Gasteiger charge is 2.14. The van der Waals surface area contributed by atoms with Gasteiger partial charge >= 0.3 is 0 Å². The molecule has 0 aliphatic rings. The molecule has 0 radical (unpaired) electrons. The van der Waals surface area contributed by atoms with Gasteiger partial charge in [-0.2, -0.15) is 5.10 Å². The number of hydrogen-bond donors (Lipinski definition) is 0. The van der Waals surface area contributed by atoms with Gasteiger partial charge in [-0.3, -0.25) is 9.48 Å². The van der Waals surface area contributed by atoms with E-state index < -0.39 is 0 Å². The Kier molecular flexibility index (Phi) is 2.92. The molecule has 4 heteroatoms. The van der Waals surface area contributed by atoms with Gasteiger partial charge in [-0.25, -0.2) is 0 Å². The first-order chi connectivity index (χ1) is 7.63. The fraction of sp³-hybridized carbons (Fsp3) is 0.167. The van der Waals surface area contributed by atoms with Gasteiger partial charge in [-0.05, 0) is 28.9 Å². The number of halogens is 1. The van der Waals surface area contributed by atoms with Crippen molar-refractivity contribution in [1.29, 1.82) is 0 Å². The molecular formula is C12H11BrN2O. The number of nitrogens with zero attached hydrogens (tertiary/aromatic N) is 2. The monoisotopic (exact) mass is 278 g/mol. The van der Waals surface area contributed by atoms with Crippen molar-refractivity contribution >= 4 is 22.2 Å². The van der Waals surface area contributed by atoms with Crippen LogP contribution in [0.25, 0.3) is 11.3 Å². The average molecular weight is 279 g/mol. The number of carbonyl (C=O) groups is 1. The average Bonchev–Trinajstić information content (AvgIpc) is 2.53. The Labute approximate surface area is 102 Å². The minimum atomic E-state index is 0.430. The molecule has 0 fully saturated rings. The topological polar surface area (TPSA) is 34.9 Å². The second kappa shape index (κ2) is 4.22. The van der Waals surface area contributed by atoms with Gasteiger partial charge in [0.2, 0.25) is 0 Å². The Morgan fingerprint density at radius 1 is 1.44 bits per heavy atom. The van der Waals surface area contributed by atoms with E-state index in [1.54, 1.807) is 4.68 Å². The number of hydrogen-bond acceptors (Lipinski definition) is 2. The Bertz CT molecular complexity index is 546. The van der Waals surface area contributed by atoms with Gasteiger partial charge in [0.15, 0.2) is 6.29 Å². The zero-order valence-electron chi connectivity index (χ0n) is 9.07. The first-order valence-electron chi connectivity index (χ1n) is 4.88. The molecule has 0 aliphatic carbocycles. The maximum Gasteiger partial charge on any atom is 0.171 e. The van der Waals surface area contributed by atoms with E-state index in [0.717, 1.165) is 22.0 Å². The van der Waals surface area contributed by atoms with Gasteiger partial charge in [-0.15, -0.1) is 0 Å². The number of aromatic nitrogens is 2. The lowest BCUT2D eigenvalue weighted by molar-refractivity contribution is 0.111. The second-order valence-electron chi connectivity index (χ2n) is 3.66. The van der Waals surface area contributed by atoms with Crippen LogP contribution in [0.15, 0.2) is 28.7 Å².